The predicted octanol–water partition coefficient (Wildman–Crippen LogP) is 0.810. The van der Waals surface area contributed by atoms with Crippen LogP contribution in [0.1, 0.15) is 41.8 Å². The molecule has 1 aliphatic carbocycles. The molecule has 1 aromatic carbocycles. The Labute approximate surface area is 117 Å². The zero-order chi connectivity index (χ0) is 14.7. The van der Waals surface area contributed by atoms with Crippen LogP contribution in [0.2, 0.25) is 0 Å². The molecule has 0 spiro atoms. The largest absolute Gasteiger partial charge is 0.388 e. The second-order valence-electron chi connectivity index (χ2n) is 5.21. The molecule has 0 aliphatic heterocycles. The lowest BCUT2D eigenvalue weighted by Crippen LogP contribution is -2.34. The maximum atomic E-state index is 11.8. The molecule has 0 heterocycles. The van der Waals surface area contributed by atoms with Gasteiger partial charge in [-0.15, -0.1) is 0 Å². The molecule has 0 saturated heterocycles. The highest BCUT2D eigenvalue weighted by atomic mass is 16.3. The molecule has 1 aliphatic rings. The number of carbonyl (C=O) groups is 2. The minimum absolute atomic E-state index is 0.0146. The van der Waals surface area contributed by atoms with Crippen LogP contribution >= 0.6 is 0 Å². The van der Waals surface area contributed by atoms with Crippen molar-refractivity contribution in [1.29, 1.82) is 0 Å². The topological polar surface area (TPSA) is 86.6 Å². The molecule has 1 aromatic rings. The third-order valence-corrected chi connectivity index (χ3v) is 3.41. The number of carbonyl (C=O) groups excluding carboxylic acids is 2. The number of hydrogen-bond acceptors (Lipinski definition) is 4. The van der Waals surface area contributed by atoms with Crippen molar-refractivity contribution in [3.05, 3.63) is 35.4 Å². The highest BCUT2D eigenvalue weighted by Crippen LogP contribution is 2.32. The highest BCUT2D eigenvalue weighted by Gasteiger charge is 2.30. The average Bonchev–Trinajstić information content (AvgIpc) is 3.28. The SMILES string of the molecule is CC(=O)NCC(O)C(O)c1ccc(C(=O)C2CC2)cc1. The summed E-state index contributed by atoms with van der Waals surface area (Å²) in [6.45, 7) is 1.33. The van der Waals surface area contributed by atoms with E-state index in [4.69, 9.17) is 0 Å². The lowest BCUT2D eigenvalue weighted by molar-refractivity contribution is -0.119. The van der Waals surface area contributed by atoms with Gasteiger partial charge in [-0.25, -0.2) is 0 Å². The van der Waals surface area contributed by atoms with E-state index in [1.54, 1.807) is 24.3 Å². The van der Waals surface area contributed by atoms with Gasteiger partial charge in [0.05, 0.1) is 0 Å². The second kappa shape index (κ2) is 6.15. The van der Waals surface area contributed by atoms with Crippen molar-refractivity contribution in [3.63, 3.8) is 0 Å². The monoisotopic (exact) mass is 277 g/mol. The van der Waals surface area contributed by atoms with E-state index in [9.17, 15) is 19.8 Å². The van der Waals surface area contributed by atoms with Crippen molar-refractivity contribution >= 4 is 11.7 Å². The van der Waals surface area contributed by atoms with Crippen LogP contribution in [0.4, 0.5) is 0 Å². The van der Waals surface area contributed by atoms with E-state index >= 15 is 0 Å². The molecule has 5 nitrogen and oxygen atoms in total. The van der Waals surface area contributed by atoms with Crippen LogP contribution in [0.3, 0.4) is 0 Å². The van der Waals surface area contributed by atoms with Crippen molar-refractivity contribution in [1.82, 2.24) is 5.32 Å². The van der Waals surface area contributed by atoms with Gasteiger partial charge in [0.1, 0.15) is 12.2 Å². The first kappa shape index (κ1) is 14.7. The molecule has 0 aromatic heterocycles. The molecule has 2 atom stereocenters. The summed E-state index contributed by atoms with van der Waals surface area (Å²) < 4.78 is 0. The molecule has 2 unspecified atom stereocenters. The Hall–Kier alpha value is -1.72. The van der Waals surface area contributed by atoms with Crippen molar-refractivity contribution in [2.45, 2.75) is 32.0 Å². The van der Waals surface area contributed by atoms with E-state index < -0.39 is 12.2 Å². The van der Waals surface area contributed by atoms with Crippen molar-refractivity contribution in [2.24, 2.45) is 5.92 Å². The molecule has 3 N–H and O–H groups in total. The van der Waals surface area contributed by atoms with Gasteiger partial charge in [0.15, 0.2) is 5.78 Å². The van der Waals surface area contributed by atoms with Gasteiger partial charge in [0.25, 0.3) is 0 Å². The number of Topliss-reactive ketones (excluding diaryl/α,β-unsaturated/α-hetero) is 1. The third kappa shape index (κ3) is 3.65. The molecule has 20 heavy (non-hydrogen) atoms. The predicted molar refractivity (Wildman–Crippen MR) is 73.1 cm³/mol. The summed E-state index contributed by atoms with van der Waals surface area (Å²) in [6.07, 6.45) is -0.257. The van der Waals surface area contributed by atoms with Gasteiger partial charge in [-0.3, -0.25) is 9.59 Å². The molecule has 1 amide bonds. The van der Waals surface area contributed by atoms with E-state index in [1.165, 1.54) is 6.92 Å². The van der Waals surface area contributed by atoms with Crippen LogP contribution in [0.5, 0.6) is 0 Å². The first-order chi connectivity index (χ1) is 9.49. The summed E-state index contributed by atoms with van der Waals surface area (Å²) in [4.78, 5) is 22.6. The third-order valence-electron chi connectivity index (χ3n) is 3.41. The van der Waals surface area contributed by atoms with E-state index in [2.05, 4.69) is 5.32 Å². The molecule has 5 heteroatoms. The molecule has 0 bridgehead atoms. The Kier molecular flexibility index (Phi) is 4.52. The van der Waals surface area contributed by atoms with Gasteiger partial charge >= 0.3 is 0 Å². The van der Waals surface area contributed by atoms with Crippen molar-refractivity contribution in [3.8, 4) is 0 Å². The number of nitrogens with one attached hydrogen (secondary N) is 1. The molecule has 1 saturated carbocycles. The maximum Gasteiger partial charge on any atom is 0.216 e. The van der Waals surface area contributed by atoms with Crippen molar-refractivity contribution < 1.29 is 19.8 Å². The second-order valence-corrected chi connectivity index (χ2v) is 5.21. The Morgan fingerprint density at radius 1 is 1.25 bits per heavy atom. The molecule has 108 valence electrons. The molecular weight excluding hydrogens is 258 g/mol. The number of rotatable bonds is 6. The number of amides is 1. The van der Waals surface area contributed by atoms with E-state index in [0.29, 0.717) is 11.1 Å². The lowest BCUT2D eigenvalue weighted by Gasteiger charge is -2.18. The first-order valence-corrected chi connectivity index (χ1v) is 6.73. The fourth-order valence-electron chi connectivity index (χ4n) is 2.01. The Balaban J connectivity index is 1.97. The number of aliphatic hydroxyl groups excluding tert-OH is 2. The quantitative estimate of drug-likeness (QED) is 0.672. The van der Waals surface area contributed by atoms with E-state index in [1.807, 2.05) is 0 Å². The van der Waals surface area contributed by atoms with Crippen LogP contribution in [-0.4, -0.2) is 34.6 Å². The molecule has 1 fully saturated rings. The van der Waals surface area contributed by atoms with Crippen molar-refractivity contribution in [2.75, 3.05) is 6.54 Å². The minimum Gasteiger partial charge on any atom is -0.388 e. The molecular formula is C15H19NO4. The number of aliphatic hydroxyl groups is 2. The lowest BCUT2D eigenvalue weighted by atomic mass is 10.00. The number of hydrogen-bond donors (Lipinski definition) is 3. The van der Waals surface area contributed by atoms with Gasteiger partial charge in [-0.2, -0.15) is 0 Å². The van der Waals surface area contributed by atoms with E-state index in [-0.39, 0.29) is 24.2 Å². The van der Waals surface area contributed by atoms with Crippen LogP contribution in [0.25, 0.3) is 0 Å². The van der Waals surface area contributed by atoms with Crippen LogP contribution in [0, 0.1) is 5.92 Å². The first-order valence-electron chi connectivity index (χ1n) is 6.73. The zero-order valence-corrected chi connectivity index (χ0v) is 11.4. The summed E-state index contributed by atoms with van der Waals surface area (Å²) in [5.41, 5.74) is 1.16. The summed E-state index contributed by atoms with van der Waals surface area (Å²) in [5, 5.41) is 22.2. The summed E-state index contributed by atoms with van der Waals surface area (Å²) in [6, 6.07) is 6.61. The van der Waals surface area contributed by atoms with Gasteiger partial charge in [0, 0.05) is 24.9 Å². The summed E-state index contributed by atoms with van der Waals surface area (Å²) in [7, 11) is 0. The number of ketones is 1. The Bertz CT molecular complexity index is 493. The minimum atomic E-state index is -1.09. The van der Waals surface area contributed by atoms with E-state index in [0.717, 1.165) is 12.8 Å². The summed E-state index contributed by atoms with van der Waals surface area (Å²) in [5.74, 6) is 0.0441. The van der Waals surface area contributed by atoms with Crippen LogP contribution < -0.4 is 5.32 Å². The Morgan fingerprint density at radius 2 is 1.85 bits per heavy atom. The normalized spacial score (nSPS) is 17.4. The highest BCUT2D eigenvalue weighted by molar-refractivity contribution is 5.99. The standard InChI is InChI=1S/C15H19NO4/c1-9(17)16-8-13(18)15(20)12-6-4-11(5-7-12)14(19)10-2-3-10/h4-7,10,13,15,18,20H,2-3,8H2,1H3,(H,16,17). The van der Waals surface area contributed by atoms with Crippen LogP contribution in [-0.2, 0) is 4.79 Å². The van der Waals surface area contributed by atoms with Crippen LogP contribution in [0.15, 0.2) is 24.3 Å². The smallest absolute Gasteiger partial charge is 0.216 e. The summed E-state index contributed by atoms with van der Waals surface area (Å²) >= 11 is 0. The molecule has 0 radical (unpaired) electrons. The average molecular weight is 277 g/mol. The van der Waals surface area contributed by atoms with Gasteiger partial charge < -0.3 is 15.5 Å². The number of benzene rings is 1. The zero-order valence-electron chi connectivity index (χ0n) is 11.4. The Morgan fingerprint density at radius 3 is 2.35 bits per heavy atom. The van der Waals surface area contributed by atoms with Gasteiger partial charge in [-0.05, 0) is 18.4 Å². The van der Waals surface area contributed by atoms with Gasteiger partial charge in [-0.1, -0.05) is 24.3 Å². The molecule has 2 rings (SSSR count). The van der Waals surface area contributed by atoms with Gasteiger partial charge in [0.2, 0.25) is 5.91 Å². The fourth-order valence-corrected chi connectivity index (χ4v) is 2.01. The fraction of sp³-hybridized carbons (Fsp3) is 0.467. The maximum absolute atomic E-state index is 11.8.